The predicted molar refractivity (Wildman–Crippen MR) is 115 cm³/mol. The number of likely N-dealkylation sites (tertiary alicyclic amines) is 1. The Balaban J connectivity index is 1.48. The third-order valence-corrected chi connectivity index (χ3v) is 6.78. The first kappa shape index (κ1) is 21.2. The molecule has 33 heavy (non-hydrogen) atoms. The van der Waals surface area contributed by atoms with Gasteiger partial charge in [-0.2, -0.15) is 0 Å². The van der Waals surface area contributed by atoms with E-state index in [0.717, 1.165) is 4.90 Å². The van der Waals surface area contributed by atoms with Crippen molar-refractivity contribution in [2.24, 2.45) is 10.7 Å². The highest BCUT2D eigenvalue weighted by Gasteiger charge is 2.73. The standard InChI is InChI=1S/C21H25N7O5/c1-11-23-17-13(9-27-15(29)7-8-16(27)30)24-19(22)28-10-14(21(32,33)20(17,28)26-11)25-18(31)12-5-3-2-4-6-12/h2-6,13-14,17,23,26,32-33H,1,7-10H2,(H2,22,24)(H,25,31)/t13-,14-,17-,20-/m0/s1. The molecular formula is C21H25N7O5. The van der Waals surface area contributed by atoms with Crippen LogP contribution < -0.4 is 21.7 Å². The Labute approximate surface area is 189 Å². The lowest BCUT2D eigenvalue weighted by molar-refractivity contribution is -0.231. The third kappa shape index (κ3) is 2.98. The molecule has 0 radical (unpaired) electrons. The van der Waals surface area contributed by atoms with Crippen LogP contribution in [0.25, 0.3) is 0 Å². The topological polar surface area (TPSA) is 173 Å². The summed E-state index contributed by atoms with van der Waals surface area (Å²) in [7, 11) is 0. The maximum absolute atomic E-state index is 12.7. The second kappa shape index (κ2) is 7.18. The number of carbonyl (C=O) groups is 3. The van der Waals surface area contributed by atoms with Gasteiger partial charge in [0, 0.05) is 24.9 Å². The summed E-state index contributed by atoms with van der Waals surface area (Å²) >= 11 is 0. The lowest BCUT2D eigenvalue weighted by Crippen LogP contribution is -2.78. The van der Waals surface area contributed by atoms with E-state index in [-0.39, 0.29) is 43.7 Å². The second-order valence-corrected chi connectivity index (χ2v) is 8.67. The SMILES string of the molecule is C=C1N[C@H]2[C@H](CN3C(=O)CCC3=O)N=C(N)N3C[C@H](NC(=O)c4ccccc4)C(O)(O)[C@]23N1. The summed E-state index contributed by atoms with van der Waals surface area (Å²) in [6, 6.07) is 5.67. The zero-order valence-electron chi connectivity index (χ0n) is 17.7. The van der Waals surface area contributed by atoms with Gasteiger partial charge < -0.3 is 36.8 Å². The van der Waals surface area contributed by atoms with Crippen molar-refractivity contribution in [3.05, 3.63) is 48.3 Å². The van der Waals surface area contributed by atoms with Crippen LogP contribution in [0.4, 0.5) is 0 Å². The monoisotopic (exact) mass is 455 g/mol. The fourth-order valence-corrected chi connectivity index (χ4v) is 5.21. The number of rotatable bonds is 4. The molecule has 5 rings (SSSR count). The fourth-order valence-electron chi connectivity index (χ4n) is 5.21. The van der Waals surface area contributed by atoms with Crippen LogP contribution in [0.5, 0.6) is 0 Å². The van der Waals surface area contributed by atoms with Crippen molar-refractivity contribution in [1.29, 1.82) is 0 Å². The number of nitrogens with two attached hydrogens (primary N) is 1. The molecule has 12 heteroatoms. The molecular weight excluding hydrogens is 430 g/mol. The molecule has 0 unspecified atom stereocenters. The van der Waals surface area contributed by atoms with E-state index in [1.165, 1.54) is 4.90 Å². The van der Waals surface area contributed by atoms with Crippen LogP contribution in [0.2, 0.25) is 0 Å². The van der Waals surface area contributed by atoms with E-state index in [2.05, 4.69) is 27.5 Å². The van der Waals surface area contributed by atoms with Crippen LogP contribution in [0.15, 0.2) is 47.7 Å². The summed E-state index contributed by atoms with van der Waals surface area (Å²) in [5.74, 6) is -3.34. The zero-order valence-corrected chi connectivity index (χ0v) is 17.7. The highest BCUT2D eigenvalue weighted by Crippen LogP contribution is 2.44. The Hall–Kier alpha value is -3.64. The number of nitrogens with one attached hydrogen (secondary N) is 3. The van der Waals surface area contributed by atoms with E-state index >= 15 is 0 Å². The summed E-state index contributed by atoms with van der Waals surface area (Å²) in [4.78, 5) is 44.1. The van der Waals surface area contributed by atoms with Crippen LogP contribution in [0.3, 0.4) is 0 Å². The molecule has 0 bridgehead atoms. The van der Waals surface area contributed by atoms with E-state index in [4.69, 9.17) is 5.73 Å². The van der Waals surface area contributed by atoms with Crippen molar-refractivity contribution in [1.82, 2.24) is 25.8 Å². The first-order chi connectivity index (χ1) is 15.6. The molecule has 0 saturated carbocycles. The van der Waals surface area contributed by atoms with E-state index < -0.39 is 35.5 Å². The highest BCUT2D eigenvalue weighted by atomic mass is 16.5. The van der Waals surface area contributed by atoms with Gasteiger partial charge in [0.05, 0.1) is 24.4 Å². The van der Waals surface area contributed by atoms with E-state index in [9.17, 15) is 24.6 Å². The normalized spacial score (nSPS) is 32.1. The molecule has 1 spiro atoms. The Morgan fingerprint density at radius 1 is 1.24 bits per heavy atom. The molecule has 4 atom stereocenters. The van der Waals surface area contributed by atoms with Crippen LogP contribution in [0.1, 0.15) is 23.2 Å². The lowest BCUT2D eigenvalue weighted by atomic mass is 9.85. The Bertz CT molecular complexity index is 1060. The number of hydrogen-bond acceptors (Lipinski definition) is 10. The average Bonchev–Trinajstić information content (AvgIpc) is 3.37. The van der Waals surface area contributed by atoms with Crippen molar-refractivity contribution in [2.75, 3.05) is 13.1 Å². The fraction of sp³-hybridized carbons (Fsp3) is 0.429. The Kier molecular flexibility index (Phi) is 4.62. The molecule has 4 heterocycles. The van der Waals surface area contributed by atoms with E-state index in [1.807, 2.05) is 0 Å². The lowest BCUT2D eigenvalue weighted by Gasteiger charge is -2.49. The molecule has 12 nitrogen and oxygen atoms in total. The molecule has 1 aromatic rings. The van der Waals surface area contributed by atoms with Crippen LogP contribution in [0, 0.1) is 0 Å². The summed E-state index contributed by atoms with van der Waals surface area (Å²) in [5, 5.41) is 31.6. The van der Waals surface area contributed by atoms with Crippen molar-refractivity contribution >= 4 is 23.7 Å². The van der Waals surface area contributed by atoms with Crippen LogP contribution in [-0.4, -0.2) is 86.4 Å². The molecule has 0 aromatic heterocycles. The molecule has 0 aliphatic carbocycles. The van der Waals surface area contributed by atoms with Crippen molar-refractivity contribution in [3.63, 3.8) is 0 Å². The van der Waals surface area contributed by atoms with E-state index in [1.54, 1.807) is 30.3 Å². The average molecular weight is 455 g/mol. The Morgan fingerprint density at radius 3 is 2.58 bits per heavy atom. The molecule has 3 saturated heterocycles. The minimum Gasteiger partial charge on any atom is -0.370 e. The smallest absolute Gasteiger partial charge is 0.251 e. The number of carbonyl (C=O) groups excluding carboxylic acids is 3. The quantitative estimate of drug-likeness (QED) is 0.210. The van der Waals surface area contributed by atoms with Crippen molar-refractivity contribution in [2.45, 2.75) is 42.4 Å². The van der Waals surface area contributed by atoms with Crippen molar-refractivity contribution in [3.8, 4) is 0 Å². The second-order valence-electron chi connectivity index (χ2n) is 8.67. The molecule has 4 aliphatic rings. The van der Waals surface area contributed by atoms with Gasteiger partial charge in [0.1, 0.15) is 6.04 Å². The Morgan fingerprint density at radius 2 is 1.91 bits per heavy atom. The van der Waals surface area contributed by atoms with E-state index in [0.29, 0.717) is 11.4 Å². The molecule has 1 aromatic carbocycles. The van der Waals surface area contributed by atoms with Gasteiger partial charge in [-0.15, -0.1) is 0 Å². The summed E-state index contributed by atoms with van der Waals surface area (Å²) < 4.78 is 0. The van der Waals surface area contributed by atoms with Crippen molar-refractivity contribution < 1.29 is 24.6 Å². The first-order valence-corrected chi connectivity index (χ1v) is 10.6. The number of benzene rings is 1. The van der Waals surface area contributed by atoms with Gasteiger partial charge in [-0.3, -0.25) is 19.3 Å². The third-order valence-electron chi connectivity index (χ3n) is 6.78. The molecule has 3 fully saturated rings. The molecule has 3 amide bonds. The van der Waals surface area contributed by atoms with Gasteiger partial charge in [-0.05, 0) is 12.1 Å². The van der Waals surface area contributed by atoms with Gasteiger partial charge in [0.15, 0.2) is 11.6 Å². The molecule has 174 valence electrons. The maximum atomic E-state index is 12.7. The number of nitrogens with zero attached hydrogens (tertiary/aromatic N) is 3. The number of guanidine groups is 1. The summed E-state index contributed by atoms with van der Waals surface area (Å²) in [5.41, 5.74) is 4.95. The molecule has 4 aliphatic heterocycles. The minimum absolute atomic E-state index is 0.0109. The zero-order chi connectivity index (χ0) is 23.5. The highest BCUT2D eigenvalue weighted by molar-refractivity contribution is 6.02. The number of aliphatic imine (C=N–C) groups is 1. The maximum Gasteiger partial charge on any atom is 0.251 e. The minimum atomic E-state index is -2.52. The first-order valence-electron chi connectivity index (χ1n) is 10.6. The van der Waals surface area contributed by atoms with Gasteiger partial charge in [0.2, 0.25) is 17.6 Å². The van der Waals surface area contributed by atoms with Crippen LogP contribution in [-0.2, 0) is 9.59 Å². The predicted octanol–water partition coefficient (Wildman–Crippen LogP) is -2.64. The van der Waals surface area contributed by atoms with Gasteiger partial charge >= 0.3 is 0 Å². The summed E-state index contributed by atoms with van der Waals surface area (Å²) in [6.07, 6.45) is 0.255. The molecule has 7 N–H and O–H groups in total. The van der Waals surface area contributed by atoms with Crippen LogP contribution >= 0.6 is 0 Å². The number of imide groups is 1. The van der Waals surface area contributed by atoms with Gasteiger partial charge in [-0.1, -0.05) is 24.8 Å². The number of aliphatic hydroxyl groups is 2. The van der Waals surface area contributed by atoms with Gasteiger partial charge in [-0.25, -0.2) is 4.99 Å². The van der Waals surface area contributed by atoms with Gasteiger partial charge in [0.25, 0.3) is 5.91 Å². The summed E-state index contributed by atoms with van der Waals surface area (Å²) in [6.45, 7) is 3.74. The number of amides is 3. The largest absolute Gasteiger partial charge is 0.370 e. The number of hydrogen-bond donors (Lipinski definition) is 6.